The molecule has 0 aliphatic rings. The van der Waals surface area contributed by atoms with Gasteiger partial charge in [0.05, 0.1) is 13.7 Å². The Bertz CT molecular complexity index is 421. The van der Waals surface area contributed by atoms with E-state index in [4.69, 9.17) is 9.57 Å². The van der Waals surface area contributed by atoms with Gasteiger partial charge < -0.3 is 10.1 Å². The lowest BCUT2D eigenvalue weighted by atomic mass is 10.2. The van der Waals surface area contributed by atoms with Gasteiger partial charge in [0.25, 0.3) is 0 Å². The molecule has 2 amide bonds. The molecule has 19 heavy (non-hydrogen) atoms. The maximum atomic E-state index is 11.6. The van der Waals surface area contributed by atoms with Gasteiger partial charge in [0.1, 0.15) is 5.75 Å². The Balaban J connectivity index is 2.63. The zero-order chi connectivity index (χ0) is 14.3. The van der Waals surface area contributed by atoms with Crippen LogP contribution in [0.2, 0.25) is 0 Å². The molecule has 1 aromatic carbocycles. The average Bonchev–Trinajstić information content (AvgIpc) is 2.40. The minimum absolute atomic E-state index is 0.318. The van der Waals surface area contributed by atoms with Crippen LogP contribution in [0.4, 0.5) is 10.5 Å². The molecule has 0 aliphatic heterocycles. The van der Waals surface area contributed by atoms with E-state index >= 15 is 0 Å². The van der Waals surface area contributed by atoms with Gasteiger partial charge in [-0.15, -0.1) is 0 Å². The lowest BCUT2D eigenvalue weighted by Crippen LogP contribution is -2.30. The van der Waals surface area contributed by atoms with Gasteiger partial charge in [-0.3, -0.25) is 4.84 Å². The van der Waals surface area contributed by atoms with Crippen LogP contribution >= 0.6 is 0 Å². The first-order valence-electron chi connectivity index (χ1n) is 6.40. The quantitative estimate of drug-likeness (QED) is 0.635. The Morgan fingerprint density at radius 3 is 2.74 bits per heavy atom. The van der Waals surface area contributed by atoms with Gasteiger partial charge in [-0.25, -0.2) is 9.86 Å². The van der Waals surface area contributed by atoms with Crippen molar-refractivity contribution in [1.82, 2.24) is 5.06 Å². The van der Waals surface area contributed by atoms with Crippen LogP contribution in [0.5, 0.6) is 5.75 Å². The van der Waals surface area contributed by atoms with E-state index in [1.807, 2.05) is 25.1 Å². The number of unbranched alkanes of at least 4 members (excludes halogenated alkanes) is 1. The van der Waals surface area contributed by atoms with Crippen LogP contribution in [0, 0.1) is 6.92 Å². The van der Waals surface area contributed by atoms with Crippen molar-refractivity contribution >= 4 is 11.7 Å². The molecular formula is C14H22N2O3. The SMILES string of the molecule is CCCCOc1ccc(NC(=O)N(C)OC)cc1C. The number of hydrogen-bond donors (Lipinski definition) is 1. The Kier molecular flexibility index (Phi) is 6.15. The van der Waals surface area contributed by atoms with Crippen molar-refractivity contribution in [1.29, 1.82) is 0 Å². The Labute approximate surface area is 114 Å². The summed E-state index contributed by atoms with van der Waals surface area (Å²) in [7, 11) is 2.99. The number of benzene rings is 1. The van der Waals surface area contributed by atoms with Gasteiger partial charge in [0.15, 0.2) is 0 Å². The summed E-state index contributed by atoms with van der Waals surface area (Å²) < 4.78 is 5.66. The second kappa shape index (κ2) is 7.63. The van der Waals surface area contributed by atoms with Gasteiger partial charge in [-0.05, 0) is 37.1 Å². The van der Waals surface area contributed by atoms with E-state index in [1.165, 1.54) is 7.11 Å². The van der Waals surface area contributed by atoms with Crippen molar-refractivity contribution in [3.05, 3.63) is 23.8 Å². The van der Waals surface area contributed by atoms with Crippen LogP contribution in [-0.2, 0) is 4.84 Å². The maximum absolute atomic E-state index is 11.6. The van der Waals surface area contributed by atoms with E-state index < -0.39 is 0 Å². The van der Waals surface area contributed by atoms with Crippen molar-refractivity contribution in [3.63, 3.8) is 0 Å². The molecule has 1 rings (SSSR count). The highest BCUT2D eigenvalue weighted by Crippen LogP contribution is 2.22. The molecule has 0 aromatic heterocycles. The Morgan fingerprint density at radius 1 is 1.42 bits per heavy atom. The van der Waals surface area contributed by atoms with E-state index in [0.717, 1.165) is 35.8 Å². The number of hydroxylamine groups is 2. The monoisotopic (exact) mass is 266 g/mol. The fourth-order valence-corrected chi connectivity index (χ4v) is 1.50. The van der Waals surface area contributed by atoms with Crippen LogP contribution < -0.4 is 10.1 Å². The van der Waals surface area contributed by atoms with Gasteiger partial charge in [0, 0.05) is 12.7 Å². The van der Waals surface area contributed by atoms with Crippen LogP contribution in [0.25, 0.3) is 0 Å². The predicted octanol–water partition coefficient (Wildman–Crippen LogP) is 3.20. The fourth-order valence-electron chi connectivity index (χ4n) is 1.50. The third kappa shape index (κ3) is 4.79. The van der Waals surface area contributed by atoms with Crippen molar-refractivity contribution in [3.8, 4) is 5.75 Å². The van der Waals surface area contributed by atoms with Crippen LogP contribution in [-0.4, -0.2) is 31.9 Å². The van der Waals surface area contributed by atoms with E-state index in [1.54, 1.807) is 7.05 Å². The molecule has 1 aromatic rings. The van der Waals surface area contributed by atoms with Gasteiger partial charge in [-0.1, -0.05) is 13.3 Å². The minimum Gasteiger partial charge on any atom is -0.493 e. The van der Waals surface area contributed by atoms with Crippen molar-refractivity contribution in [2.45, 2.75) is 26.7 Å². The lowest BCUT2D eigenvalue weighted by Gasteiger charge is -2.15. The standard InChI is InChI=1S/C14H22N2O3/c1-5-6-9-19-13-8-7-12(10-11(13)2)15-14(17)16(3)18-4/h7-8,10H,5-6,9H2,1-4H3,(H,15,17). The number of carbonyl (C=O) groups is 1. The van der Waals surface area contributed by atoms with Crippen LogP contribution in [0.1, 0.15) is 25.3 Å². The number of nitrogens with one attached hydrogen (secondary N) is 1. The summed E-state index contributed by atoms with van der Waals surface area (Å²) in [6, 6.07) is 5.24. The van der Waals surface area contributed by atoms with Crippen LogP contribution in [0.3, 0.4) is 0 Å². The molecule has 0 aliphatic carbocycles. The largest absolute Gasteiger partial charge is 0.493 e. The second-order valence-corrected chi connectivity index (χ2v) is 4.29. The Hall–Kier alpha value is -1.75. The third-order valence-electron chi connectivity index (χ3n) is 2.74. The van der Waals surface area contributed by atoms with Gasteiger partial charge in [0.2, 0.25) is 0 Å². The number of anilines is 1. The number of carbonyl (C=O) groups excluding carboxylic acids is 1. The summed E-state index contributed by atoms with van der Waals surface area (Å²) in [6.07, 6.45) is 2.15. The number of rotatable bonds is 6. The molecule has 1 N–H and O–H groups in total. The zero-order valence-electron chi connectivity index (χ0n) is 12.0. The van der Waals surface area contributed by atoms with E-state index in [9.17, 15) is 4.79 Å². The normalized spacial score (nSPS) is 10.1. The molecule has 5 heteroatoms. The summed E-state index contributed by atoms with van der Waals surface area (Å²) in [5.41, 5.74) is 1.71. The van der Waals surface area contributed by atoms with Crippen molar-refractivity contribution < 1.29 is 14.4 Å². The number of nitrogens with zero attached hydrogens (tertiary/aromatic N) is 1. The topological polar surface area (TPSA) is 50.8 Å². The molecule has 0 fully saturated rings. The molecule has 0 radical (unpaired) electrons. The molecule has 0 unspecified atom stereocenters. The molecule has 0 saturated heterocycles. The maximum Gasteiger partial charge on any atom is 0.345 e. The predicted molar refractivity (Wildman–Crippen MR) is 75.4 cm³/mol. The summed E-state index contributed by atoms with van der Waals surface area (Å²) in [6.45, 7) is 4.80. The fraction of sp³-hybridized carbons (Fsp3) is 0.500. The molecule has 0 spiro atoms. The number of amides is 2. The summed E-state index contributed by atoms with van der Waals surface area (Å²) in [5.74, 6) is 0.853. The number of ether oxygens (including phenoxy) is 1. The van der Waals surface area contributed by atoms with Gasteiger partial charge >= 0.3 is 6.03 Å². The van der Waals surface area contributed by atoms with E-state index in [2.05, 4.69) is 12.2 Å². The molecule has 0 saturated carbocycles. The first-order chi connectivity index (χ1) is 9.08. The summed E-state index contributed by atoms with van der Waals surface area (Å²) in [4.78, 5) is 16.4. The first-order valence-corrected chi connectivity index (χ1v) is 6.40. The molecular weight excluding hydrogens is 244 g/mol. The molecule has 0 heterocycles. The molecule has 0 atom stereocenters. The Morgan fingerprint density at radius 2 is 2.16 bits per heavy atom. The first kappa shape index (κ1) is 15.3. The van der Waals surface area contributed by atoms with Crippen molar-refractivity contribution in [2.75, 3.05) is 26.1 Å². The highest BCUT2D eigenvalue weighted by molar-refractivity contribution is 5.88. The highest BCUT2D eigenvalue weighted by atomic mass is 16.7. The van der Waals surface area contributed by atoms with E-state index in [-0.39, 0.29) is 6.03 Å². The minimum atomic E-state index is -0.318. The molecule has 5 nitrogen and oxygen atoms in total. The number of hydrogen-bond acceptors (Lipinski definition) is 3. The number of urea groups is 1. The van der Waals surface area contributed by atoms with E-state index in [0.29, 0.717) is 5.69 Å². The second-order valence-electron chi connectivity index (χ2n) is 4.29. The molecule has 0 bridgehead atoms. The summed E-state index contributed by atoms with van der Waals surface area (Å²) in [5, 5.41) is 3.86. The molecule has 106 valence electrons. The van der Waals surface area contributed by atoms with Gasteiger partial charge in [-0.2, -0.15) is 0 Å². The number of aryl methyl sites for hydroxylation is 1. The lowest BCUT2D eigenvalue weighted by molar-refractivity contribution is -0.0598. The highest BCUT2D eigenvalue weighted by Gasteiger charge is 2.08. The third-order valence-corrected chi connectivity index (χ3v) is 2.74. The smallest absolute Gasteiger partial charge is 0.345 e. The van der Waals surface area contributed by atoms with Crippen molar-refractivity contribution in [2.24, 2.45) is 0 Å². The zero-order valence-corrected chi connectivity index (χ0v) is 12.0. The average molecular weight is 266 g/mol. The summed E-state index contributed by atoms with van der Waals surface area (Å²) >= 11 is 0. The van der Waals surface area contributed by atoms with Crippen LogP contribution in [0.15, 0.2) is 18.2 Å².